The third-order valence-corrected chi connectivity index (χ3v) is 2.82. The van der Waals surface area contributed by atoms with Gasteiger partial charge in [-0.05, 0) is 13.3 Å². The van der Waals surface area contributed by atoms with Gasteiger partial charge in [0, 0.05) is 12.6 Å². The van der Waals surface area contributed by atoms with Crippen molar-refractivity contribution in [3.8, 4) is 0 Å². The molecule has 0 aromatic carbocycles. The molecule has 0 amide bonds. The van der Waals surface area contributed by atoms with E-state index in [4.69, 9.17) is 0 Å². The maximum Gasteiger partial charge on any atom is 0.182 e. The van der Waals surface area contributed by atoms with Gasteiger partial charge in [-0.2, -0.15) is 0 Å². The molecular formula is C14H22N2O. The highest BCUT2D eigenvalue weighted by atomic mass is 16.1. The van der Waals surface area contributed by atoms with Gasteiger partial charge in [0.05, 0.1) is 11.9 Å². The lowest BCUT2D eigenvalue weighted by Gasteiger charge is -2.01. The van der Waals surface area contributed by atoms with Crippen LogP contribution in [-0.2, 0) is 0 Å². The molecule has 0 spiro atoms. The van der Waals surface area contributed by atoms with E-state index in [1.807, 2.05) is 6.92 Å². The lowest BCUT2D eigenvalue weighted by atomic mass is 10.1. The first-order chi connectivity index (χ1) is 8.24. The molecule has 0 aliphatic carbocycles. The van der Waals surface area contributed by atoms with Gasteiger partial charge in [0.15, 0.2) is 5.78 Å². The fourth-order valence-corrected chi connectivity index (χ4v) is 1.73. The van der Waals surface area contributed by atoms with E-state index < -0.39 is 0 Å². The van der Waals surface area contributed by atoms with Crippen molar-refractivity contribution in [2.45, 2.75) is 58.8 Å². The predicted octanol–water partition coefficient (Wildman–Crippen LogP) is 3.72. The summed E-state index contributed by atoms with van der Waals surface area (Å²) in [5, 5.41) is 0. The molecule has 0 N–H and O–H groups in total. The fourth-order valence-electron chi connectivity index (χ4n) is 1.73. The maximum absolute atomic E-state index is 11.7. The van der Waals surface area contributed by atoms with Crippen molar-refractivity contribution in [3.05, 3.63) is 23.8 Å². The zero-order valence-electron chi connectivity index (χ0n) is 10.9. The summed E-state index contributed by atoms with van der Waals surface area (Å²) in [6, 6.07) is 0. The van der Waals surface area contributed by atoms with E-state index in [2.05, 4.69) is 16.9 Å². The number of hydrogen-bond acceptors (Lipinski definition) is 3. The molecular weight excluding hydrogens is 212 g/mol. The summed E-state index contributed by atoms with van der Waals surface area (Å²) >= 11 is 0. The Morgan fingerprint density at radius 3 is 2.41 bits per heavy atom. The van der Waals surface area contributed by atoms with Gasteiger partial charge in [0.2, 0.25) is 0 Å². The lowest BCUT2D eigenvalue weighted by molar-refractivity contribution is 0.0974. The van der Waals surface area contributed by atoms with Crippen LogP contribution in [0.15, 0.2) is 12.4 Å². The van der Waals surface area contributed by atoms with Crippen LogP contribution in [0.5, 0.6) is 0 Å². The van der Waals surface area contributed by atoms with Gasteiger partial charge in [-0.15, -0.1) is 0 Å². The van der Waals surface area contributed by atoms with Crippen LogP contribution in [0.3, 0.4) is 0 Å². The Balaban J connectivity index is 2.19. The summed E-state index contributed by atoms with van der Waals surface area (Å²) in [4.78, 5) is 19.9. The molecule has 0 atom stereocenters. The van der Waals surface area contributed by atoms with E-state index in [9.17, 15) is 4.79 Å². The maximum atomic E-state index is 11.7. The molecule has 1 aromatic heterocycles. The zero-order valence-corrected chi connectivity index (χ0v) is 10.9. The van der Waals surface area contributed by atoms with Crippen LogP contribution in [-0.4, -0.2) is 15.8 Å². The smallest absolute Gasteiger partial charge is 0.182 e. The molecule has 0 saturated carbocycles. The second-order valence-electron chi connectivity index (χ2n) is 4.48. The number of aromatic nitrogens is 2. The van der Waals surface area contributed by atoms with Crippen molar-refractivity contribution in [1.29, 1.82) is 0 Å². The summed E-state index contributed by atoms with van der Waals surface area (Å²) < 4.78 is 0. The van der Waals surface area contributed by atoms with Gasteiger partial charge < -0.3 is 0 Å². The number of carbonyl (C=O) groups is 1. The number of ketones is 1. The Hall–Kier alpha value is -1.25. The Kier molecular flexibility index (Phi) is 6.45. The molecule has 0 aliphatic rings. The average Bonchev–Trinajstić information content (AvgIpc) is 2.34. The average molecular weight is 234 g/mol. The molecule has 0 aliphatic heterocycles. The largest absolute Gasteiger partial charge is 0.292 e. The molecule has 1 aromatic rings. The topological polar surface area (TPSA) is 42.9 Å². The minimum absolute atomic E-state index is 0.119. The first-order valence-electron chi connectivity index (χ1n) is 6.56. The van der Waals surface area contributed by atoms with Gasteiger partial charge in [0.1, 0.15) is 5.69 Å². The van der Waals surface area contributed by atoms with Crippen molar-refractivity contribution >= 4 is 5.78 Å². The first kappa shape index (κ1) is 13.8. The van der Waals surface area contributed by atoms with Crippen LogP contribution in [0.25, 0.3) is 0 Å². The van der Waals surface area contributed by atoms with Gasteiger partial charge in [0.25, 0.3) is 0 Å². The summed E-state index contributed by atoms with van der Waals surface area (Å²) in [6.45, 7) is 4.08. The third kappa shape index (κ3) is 5.57. The van der Waals surface area contributed by atoms with Crippen molar-refractivity contribution in [2.24, 2.45) is 0 Å². The number of rotatable bonds is 8. The summed E-state index contributed by atoms with van der Waals surface area (Å²) in [6.07, 6.45) is 11.0. The highest BCUT2D eigenvalue weighted by Gasteiger charge is 2.06. The summed E-state index contributed by atoms with van der Waals surface area (Å²) in [7, 11) is 0. The van der Waals surface area contributed by atoms with Crippen molar-refractivity contribution in [2.75, 3.05) is 0 Å². The number of hydrogen-bond donors (Lipinski definition) is 0. The molecule has 1 heterocycles. The number of aryl methyl sites for hydroxylation is 1. The molecule has 1 rings (SSSR count). The van der Waals surface area contributed by atoms with Gasteiger partial charge in [-0.3, -0.25) is 9.78 Å². The molecule has 0 unspecified atom stereocenters. The van der Waals surface area contributed by atoms with E-state index >= 15 is 0 Å². The molecule has 17 heavy (non-hydrogen) atoms. The number of Topliss-reactive ketones (excluding diaryl/α,β-unsaturated/α-hetero) is 1. The third-order valence-electron chi connectivity index (χ3n) is 2.82. The van der Waals surface area contributed by atoms with Crippen molar-refractivity contribution in [3.63, 3.8) is 0 Å². The standard InChI is InChI=1S/C14H22N2O/c1-3-4-5-6-7-8-9-14(17)13-11-15-12(2)10-16-13/h10-11H,3-9H2,1-2H3. The minimum Gasteiger partial charge on any atom is -0.292 e. The first-order valence-corrected chi connectivity index (χ1v) is 6.56. The number of carbonyl (C=O) groups excluding carboxylic acids is 1. The number of nitrogens with zero attached hydrogens (tertiary/aromatic N) is 2. The Morgan fingerprint density at radius 1 is 1.06 bits per heavy atom. The van der Waals surface area contributed by atoms with Crippen LogP contribution in [0.4, 0.5) is 0 Å². The molecule has 0 fully saturated rings. The van der Waals surface area contributed by atoms with Crippen molar-refractivity contribution in [1.82, 2.24) is 9.97 Å². The Morgan fingerprint density at radius 2 is 1.76 bits per heavy atom. The van der Waals surface area contributed by atoms with E-state index in [1.54, 1.807) is 12.4 Å². The molecule has 94 valence electrons. The van der Waals surface area contributed by atoms with Crippen LogP contribution in [0.2, 0.25) is 0 Å². The monoisotopic (exact) mass is 234 g/mol. The summed E-state index contributed by atoms with van der Waals surface area (Å²) in [5.41, 5.74) is 1.35. The Bertz CT molecular complexity index is 333. The SMILES string of the molecule is CCCCCCCCC(=O)c1cnc(C)cn1. The van der Waals surface area contributed by atoms with Crippen molar-refractivity contribution < 1.29 is 4.79 Å². The highest BCUT2D eigenvalue weighted by molar-refractivity contribution is 5.93. The van der Waals surface area contributed by atoms with Gasteiger partial charge in [-0.25, -0.2) is 4.98 Å². The van der Waals surface area contributed by atoms with E-state index in [0.29, 0.717) is 12.1 Å². The second-order valence-corrected chi connectivity index (χ2v) is 4.48. The predicted molar refractivity (Wildman–Crippen MR) is 69.1 cm³/mol. The molecule has 0 saturated heterocycles. The molecule has 0 radical (unpaired) electrons. The lowest BCUT2D eigenvalue weighted by Crippen LogP contribution is -2.03. The van der Waals surface area contributed by atoms with E-state index in [0.717, 1.165) is 18.5 Å². The fraction of sp³-hybridized carbons (Fsp3) is 0.643. The highest BCUT2D eigenvalue weighted by Crippen LogP contribution is 2.09. The molecule has 3 nitrogen and oxygen atoms in total. The van der Waals surface area contributed by atoms with Gasteiger partial charge >= 0.3 is 0 Å². The number of unbranched alkanes of at least 4 members (excludes halogenated alkanes) is 5. The normalized spacial score (nSPS) is 10.5. The Labute approximate surface area is 104 Å². The summed E-state index contributed by atoms with van der Waals surface area (Å²) in [5.74, 6) is 0.119. The van der Waals surface area contributed by atoms with Crippen LogP contribution < -0.4 is 0 Å². The van der Waals surface area contributed by atoms with E-state index in [1.165, 1.54) is 25.7 Å². The van der Waals surface area contributed by atoms with Gasteiger partial charge in [-0.1, -0.05) is 39.0 Å². The van der Waals surface area contributed by atoms with Crippen LogP contribution in [0, 0.1) is 6.92 Å². The van der Waals surface area contributed by atoms with Crippen LogP contribution >= 0.6 is 0 Å². The van der Waals surface area contributed by atoms with E-state index in [-0.39, 0.29) is 5.78 Å². The zero-order chi connectivity index (χ0) is 12.5. The quantitative estimate of drug-likeness (QED) is 0.508. The van der Waals surface area contributed by atoms with Crippen LogP contribution in [0.1, 0.15) is 68.1 Å². The second kappa shape index (κ2) is 7.93. The minimum atomic E-state index is 0.119. The molecule has 0 bridgehead atoms. The molecule has 3 heteroatoms.